The van der Waals surface area contributed by atoms with Crippen LogP contribution in [0.4, 0.5) is 0 Å². The van der Waals surface area contributed by atoms with Crippen molar-refractivity contribution in [2.45, 2.75) is 31.7 Å². The largest absolute Gasteiger partial charge is 0.469 e. The molecule has 2 heterocycles. The van der Waals surface area contributed by atoms with Gasteiger partial charge >= 0.3 is 5.97 Å². The highest BCUT2D eigenvalue weighted by molar-refractivity contribution is 5.86. The van der Waals surface area contributed by atoms with Crippen LogP contribution in [0.2, 0.25) is 0 Å². The number of carbonyl (C=O) groups is 2. The van der Waals surface area contributed by atoms with Crippen molar-refractivity contribution in [3.05, 3.63) is 0 Å². The summed E-state index contributed by atoms with van der Waals surface area (Å²) in [6.07, 6.45) is 3.79. The Morgan fingerprint density at radius 3 is 2.89 bits per heavy atom. The Labute approximate surface area is 108 Å². The van der Waals surface area contributed by atoms with E-state index in [-0.39, 0.29) is 17.8 Å². The lowest BCUT2D eigenvalue weighted by Crippen LogP contribution is -2.33. The smallest absolute Gasteiger partial charge is 0.310 e. The average molecular weight is 254 g/mol. The lowest BCUT2D eigenvalue weighted by atomic mass is 10.1. The van der Waals surface area contributed by atoms with Crippen LogP contribution >= 0.6 is 0 Å². The monoisotopic (exact) mass is 254 g/mol. The van der Waals surface area contributed by atoms with Crippen LogP contribution in [0.15, 0.2) is 0 Å². The summed E-state index contributed by atoms with van der Waals surface area (Å²) in [5.41, 5.74) is 0. The molecule has 2 atom stereocenters. The molecule has 18 heavy (non-hydrogen) atoms. The van der Waals surface area contributed by atoms with Crippen molar-refractivity contribution in [2.75, 3.05) is 33.8 Å². The highest BCUT2D eigenvalue weighted by atomic mass is 16.5. The number of hydrogen-bond donors (Lipinski definition) is 0. The third-order valence-electron chi connectivity index (χ3n) is 4.15. The first-order valence-electron chi connectivity index (χ1n) is 6.67. The Morgan fingerprint density at radius 1 is 1.50 bits per heavy atom. The summed E-state index contributed by atoms with van der Waals surface area (Å²) in [6.45, 7) is 2.45. The number of carbonyl (C=O) groups excluding carboxylic acids is 2. The molecule has 5 heteroatoms. The molecule has 2 aliphatic heterocycles. The van der Waals surface area contributed by atoms with E-state index >= 15 is 0 Å². The van der Waals surface area contributed by atoms with Gasteiger partial charge in [-0.25, -0.2) is 0 Å². The standard InChI is InChI=1S/C13H22N2O3/c1-14-6-3-4-11(14)5-7-15-9-10(8-12(15)16)13(17)18-2/h10-11H,3-9H2,1-2H3. The van der Waals surface area contributed by atoms with Crippen molar-refractivity contribution in [3.63, 3.8) is 0 Å². The van der Waals surface area contributed by atoms with Crippen LogP contribution in [0.25, 0.3) is 0 Å². The number of amides is 1. The van der Waals surface area contributed by atoms with Gasteiger partial charge in [0.15, 0.2) is 0 Å². The molecule has 102 valence electrons. The summed E-state index contributed by atoms with van der Waals surface area (Å²) in [7, 11) is 3.52. The first kappa shape index (κ1) is 13.3. The van der Waals surface area contributed by atoms with Crippen molar-refractivity contribution in [1.29, 1.82) is 0 Å². The van der Waals surface area contributed by atoms with E-state index in [9.17, 15) is 9.59 Å². The maximum atomic E-state index is 11.8. The van der Waals surface area contributed by atoms with E-state index in [1.54, 1.807) is 0 Å². The van der Waals surface area contributed by atoms with Crippen LogP contribution in [-0.2, 0) is 14.3 Å². The van der Waals surface area contributed by atoms with Gasteiger partial charge in [0.05, 0.1) is 13.0 Å². The Bertz CT molecular complexity index is 332. The van der Waals surface area contributed by atoms with Gasteiger partial charge in [-0.3, -0.25) is 9.59 Å². The fraction of sp³-hybridized carbons (Fsp3) is 0.846. The lowest BCUT2D eigenvalue weighted by Gasteiger charge is -2.23. The third kappa shape index (κ3) is 2.83. The highest BCUT2D eigenvalue weighted by Gasteiger charge is 2.35. The third-order valence-corrected chi connectivity index (χ3v) is 4.15. The Kier molecular flexibility index (Phi) is 4.22. The van der Waals surface area contributed by atoms with E-state index in [1.165, 1.54) is 20.0 Å². The molecule has 2 rings (SSSR count). The molecule has 0 saturated carbocycles. The summed E-state index contributed by atoms with van der Waals surface area (Å²) in [5.74, 6) is -0.432. The second kappa shape index (κ2) is 5.69. The molecule has 2 unspecified atom stereocenters. The quantitative estimate of drug-likeness (QED) is 0.685. The van der Waals surface area contributed by atoms with E-state index in [1.807, 2.05) is 4.90 Å². The van der Waals surface area contributed by atoms with E-state index in [2.05, 4.69) is 11.9 Å². The number of methoxy groups -OCH3 is 1. The zero-order valence-corrected chi connectivity index (χ0v) is 11.2. The van der Waals surface area contributed by atoms with Crippen molar-refractivity contribution >= 4 is 11.9 Å². The molecule has 0 bridgehead atoms. The van der Waals surface area contributed by atoms with Crippen molar-refractivity contribution in [1.82, 2.24) is 9.80 Å². The minimum atomic E-state index is -0.260. The Hall–Kier alpha value is -1.10. The zero-order valence-electron chi connectivity index (χ0n) is 11.2. The van der Waals surface area contributed by atoms with Gasteiger partial charge in [-0.1, -0.05) is 0 Å². The molecule has 1 amide bonds. The predicted octanol–water partition coefficient (Wildman–Crippen LogP) is 0.492. The van der Waals surface area contributed by atoms with Gasteiger partial charge in [0, 0.05) is 25.6 Å². The summed E-state index contributed by atoms with van der Waals surface area (Å²) in [5, 5.41) is 0. The number of rotatable bonds is 4. The van der Waals surface area contributed by atoms with Crippen molar-refractivity contribution in [3.8, 4) is 0 Å². The fourth-order valence-electron chi connectivity index (χ4n) is 2.96. The van der Waals surface area contributed by atoms with Crippen LogP contribution in [-0.4, -0.2) is 61.5 Å². The normalized spacial score (nSPS) is 29.0. The molecule has 0 aromatic heterocycles. The van der Waals surface area contributed by atoms with E-state index in [0.29, 0.717) is 19.0 Å². The van der Waals surface area contributed by atoms with Crippen LogP contribution in [0.1, 0.15) is 25.7 Å². The van der Waals surface area contributed by atoms with Crippen molar-refractivity contribution < 1.29 is 14.3 Å². The number of esters is 1. The van der Waals surface area contributed by atoms with Crippen LogP contribution in [0.3, 0.4) is 0 Å². The molecule has 0 aromatic rings. The van der Waals surface area contributed by atoms with Gasteiger partial charge in [0.1, 0.15) is 0 Å². The fourth-order valence-corrected chi connectivity index (χ4v) is 2.96. The van der Waals surface area contributed by atoms with Crippen molar-refractivity contribution in [2.24, 2.45) is 5.92 Å². The summed E-state index contributed by atoms with van der Waals surface area (Å²) in [4.78, 5) is 27.4. The maximum absolute atomic E-state index is 11.8. The van der Waals surface area contributed by atoms with Gasteiger partial charge in [-0.15, -0.1) is 0 Å². The molecular formula is C13H22N2O3. The number of likely N-dealkylation sites (tertiary alicyclic amines) is 2. The maximum Gasteiger partial charge on any atom is 0.310 e. The number of ether oxygens (including phenoxy) is 1. The van der Waals surface area contributed by atoms with Crippen LogP contribution in [0.5, 0.6) is 0 Å². The second-order valence-electron chi connectivity index (χ2n) is 5.33. The minimum absolute atomic E-state index is 0.0889. The SMILES string of the molecule is COC(=O)C1CC(=O)N(CCC2CCCN2C)C1. The first-order chi connectivity index (χ1) is 8.61. The Morgan fingerprint density at radius 2 is 2.28 bits per heavy atom. The molecule has 2 saturated heterocycles. The molecule has 0 aliphatic carbocycles. The first-order valence-corrected chi connectivity index (χ1v) is 6.67. The molecule has 0 aromatic carbocycles. The Balaban J connectivity index is 1.79. The minimum Gasteiger partial charge on any atom is -0.469 e. The van der Waals surface area contributed by atoms with Crippen LogP contribution < -0.4 is 0 Å². The number of hydrogen-bond acceptors (Lipinski definition) is 4. The van der Waals surface area contributed by atoms with Gasteiger partial charge in [0.2, 0.25) is 5.91 Å². The van der Waals surface area contributed by atoms with E-state index in [4.69, 9.17) is 4.74 Å². The molecule has 2 aliphatic rings. The summed E-state index contributed by atoms with van der Waals surface area (Å²) in [6, 6.07) is 0.593. The summed E-state index contributed by atoms with van der Waals surface area (Å²) >= 11 is 0. The van der Waals surface area contributed by atoms with Gasteiger partial charge in [-0.05, 0) is 32.9 Å². The molecule has 2 fully saturated rings. The van der Waals surface area contributed by atoms with Gasteiger partial charge in [-0.2, -0.15) is 0 Å². The van der Waals surface area contributed by atoms with E-state index in [0.717, 1.165) is 19.5 Å². The van der Waals surface area contributed by atoms with Gasteiger partial charge < -0.3 is 14.5 Å². The van der Waals surface area contributed by atoms with Gasteiger partial charge in [0.25, 0.3) is 0 Å². The molecule has 0 spiro atoms. The molecular weight excluding hydrogens is 232 g/mol. The molecule has 0 N–H and O–H groups in total. The molecule has 5 nitrogen and oxygen atoms in total. The average Bonchev–Trinajstić information content (AvgIpc) is 2.92. The van der Waals surface area contributed by atoms with Crippen LogP contribution in [0, 0.1) is 5.92 Å². The predicted molar refractivity (Wildman–Crippen MR) is 67.0 cm³/mol. The topological polar surface area (TPSA) is 49.9 Å². The number of nitrogens with zero attached hydrogens (tertiary/aromatic N) is 2. The molecule has 0 radical (unpaired) electrons. The second-order valence-corrected chi connectivity index (χ2v) is 5.33. The lowest BCUT2D eigenvalue weighted by molar-refractivity contribution is -0.145. The summed E-state index contributed by atoms with van der Waals surface area (Å²) < 4.78 is 4.70. The zero-order chi connectivity index (χ0) is 13.1. The highest BCUT2D eigenvalue weighted by Crippen LogP contribution is 2.22. The van der Waals surface area contributed by atoms with E-state index < -0.39 is 0 Å².